The van der Waals surface area contributed by atoms with Crippen molar-refractivity contribution in [2.75, 3.05) is 13.1 Å². The summed E-state index contributed by atoms with van der Waals surface area (Å²) < 4.78 is 20.0. The quantitative estimate of drug-likeness (QED) is 0.785. The highest BCUT2D eigenvalue weighted by atomic mass is 35.5. The number of carbonyl (C=O) groups excluding carboxylic acids is 1. The van der Waals surface area contributed by atoms with E-state index in [1.165, 1.54) is 22.8 Å². The van der Waals surface area contributed by atoms with Crippen molar-refractivity contribution in [3.63, 3.8) is 0 Å². The molecule has 1 fully saturated rings. The third kappa shape index (κ3) is 2.73. The van der Waals surface area contributed by atoms with Gasteiger partial charge in [-0.3, -0.25) is 9.36 Å². The van der Waals surface area contributed by atoms with Crippen LogP contribution in [0.25, 0.3) is 11.1 Å². The standard InChI is InChI=1S/C14H13Cl2FN2O3/c15-12(16)13(20)18-5-3-9(4-6-18)19-10-7-8(17)1-2-11(10)22-14(19)21/h1-2,7,9,12H,3-6H2. The number of halogens is 3. The first-order valence-electron chi connectivity index (χ1n) is 6.85. The highest BCUT2D eigenvalue weighted by Gasteiger charge is 2.28. The molecule has 0 aliphatic carbocycles. The molecular formula is C14H13Cl2FN2O3. The second-order valence-electron chi connectivity index (χ2n) is 5.21. The first-order valence-corrected chi connectivity index (χ1v) is 7.72. The minimum absolute atomic E-state index is 0.149. The zero-order valence-corrected chi connectivity index (χ0v) is 13.0. The summed E-state index contributed by atoms with van der Waals surface area (Å²) in [6.45, 7) is 0.877. The molecule has 0 radical (unpaired) electrons. The smallest absolute Gasteiger partial charge is 0.408 e. The molecule has 1 amide bonds. The highest BCUT2D eigenvalue weighted by Crippen LogP contribution is 2.27. The number of rotatable bonds is 2. The zero-order valence-electron chi connectivity index (χ0n) is 11.5. The van der Waals surface area contributed by atoms with Gasteiger partial charge < -0.3 is 9.32 Å². The Bertz CT molecular complexity index is 763. The van der Waals surface area contributed by atoms with Gasteiger partial charge in [-0.15, -0.1) is 0 Å². The van der Waals surface area contributed by atoms with Crippen LogP contribution in [-0.4, -0.2) is 33.3 Å². The SMILES string of the molecule is O=C(C(Cl)Cl)N1CCC(n2c(=O)oc3ccc(F)cc32)CC1. The number of benzene rings is 1. The van der Waals surface area contributed by atoms with E-state index in [1.807, 2.05) is 0 Å². The lowest BCUT2D eigenvalue weighted by Gasteiger charge is -2.32. The van der Waals surface area contributed by atoms with E-state index in [-0.39, 0.29) is 11.9 Å². The topological polar surface area (TPSA) is 55.5 Å². The second-order valence-corrected chi connectivity index (χ2v) is 6.30. The van der Waals surface area contributed by atoms with Crippen LogP contribution in [0, 0.1) is 5.82 Å². The number of hydrogen-bond acceptors (Lipinski definition) is 3. The van der Waals surface area contributed by atoms with E-state index in [9.17, 15) is 14.0 Å². The molecule has 0 atom stereocenters. The van der Waals surface area contributed by atoms with E-state index in [0.717, 1.165) is 0 Å². The van der Waals surface area contributed by atoms with Crippen LogP contribution in [0.5, 0.6) is 0 Å². The Morgan fingerprint density at radius 3 is 2.64 bits per heavy atom. The molecule has 1 aromatic heterocycles. The maximum atomic E-state index is 13.4. The fourth-order valence-electron chi connectivity index (χ4n) is 2.83. The maximum Gasteiger partial charge on any atom is 0.420 e. The number of nitrogens with zero attached hydrogens (tertiary/aromatic N) is 2. The zero-order chi connectivity index (χ0) is 15.9. The average Bonchev–Trinajstić information content (AvgIpc) is 2.82. The van der Waals surface area contributed by atoms with E-state index in [0.29, 0.717) is 37.0 Å². The van der Waals surface area contributed by atoms with Crippen molar-refractivity contribution in [3.05, 3.63) is 34.6 Å². The Labute approximate surface area is 135 Å². The molecule has 1 aromatic carbocycles. The maximum absolute atomic E-state index is 13.4. The third-order valence-corrected chi connectivity index (χ3v) is 4.28. The lowest BCUT2D eigenvalue weighted by atomic mass is 10.0. The van der Waals surface area contributed by atoms with Gasteiger partial charge in [-0.2, -0.15) is 0 Å². The minimum atomic E-state index is -1.08. The molecule has 0 N–H and O–H groups in total. The molecule has 22 heavy (non-hydrogen) atoms. The molecule has 0 spiro atoms. The predicted octanol–water partition coefficient (Wildman–Crippen LogP) is 2.70. The Morgan fingerprint density at radius 2 is 2.00 bits per heavy atom. The van der Waals surface area contributed by atoms with Gasteiger partial charge in [0.15, 0.2) is 10.4 Å². The largest absolute Gasteiger partial charge is 0.420 e. The van der Waals surface area contributed by atoms with Crippen molar-refractivity contribution in [1.29, 1.82) is 0 Å². The summed E-state index contributed by atoms with van der Waals surface area (Å²) in [6, 6.07) is 3.82. The van der Waals surface area contributed by atoms with Crippen LogP contribution in [0.3, 0.4) is 0 Å². The van der Waals surface area contributed by atoms with Gasteiger partial charge in [0.25, 0.3) is 5.91 Å². The number of carbonyl (C=O) groups is 1. The van der Waals surface area contributed by atoms with Crippen LogP contribution < -0.4 is 5.76 Å². The summed E-state index contributed by atoms with van der Waals surface area (Å²) >= 11 is 11.2. The molecule has 0 saturated carbocycles. The first-order chi connectivity index (χ1) is 10.5. The van der Waals surface area contributed by atoms with E-state index < -0.39 is 16.4 Å². The minimum Gasteiger partial charge on any atom is -0.408 e. The van der Waals surface area contributed by atoms with Crippen molar-refractivity contribution < 1.29 is 13.6 Å². The van der Waals surface area contributed by atoms with Crippen LogP contribution in [-0.2, 0) is 4.79 Å². The normalized spacial score (nSPS) is 16.6. The van der Waals surface area contributed by atoms with Crippen LogP contribution >= 0.6 is 23.2 Å². The summed E-state index contributed by atoms with van der Waals surface area (Å²) in [5, 5.41) is 0. The summed E-state index contributed by atoms with van der Waals surface area (Å²) in [4.78, 5) is 24.2. The lowest BCUT2D eigenvalue weighted by molar-refractivity contribution is -0.130. The van der Waals surface area contributed by atoms with Gasteiger partial charge in [0.2, 0.25) is 0 Å². The Balaban J connectivity index is 1.85. The van der Waals surface area contributed by atoms with Gasteiger partial charge in [0, 0.05) is 25.2 Å². The van der Waals surface area contributed by atoms with Gasteiger partial charge in [0.05, 0.1) is 5.52 Å². The Hall–Kier alpha value is -1.53. The predicted molar refractivity (Wildman–Crippen MR) is 80.8 cm³/mol. The van der Waals surface area contributed by atoms with Crippen LogP contribution in [0.4, 0.5) is 4.39 Å². The molecule has 8 heteroatoms. The van der Waals surface area contributed by atoms with E-state index in [2.05, 4.69) is 0 Å². The van der Waals surface area contributed by atoms with Crippen molar-refractivity contribution >= 4 is 40.2 Å². The van der Waals surface area contributed by atoms with Gasteiger partial charge in [-0.1, -0.05) is 23.2 Å². The van der Waals surface area contributed by atoms with E-state index in [4.69, 9.17) is 27.6 Å². The van der Waals surface area contributed by atoms with E-state index >= 15 is 0 Å². The number of likely N-dealkylation sites (tertiary alicyclic amines) is 1. The van der Waals surface area contributed by atoms with Crippen LogP contribution in [0.15, 0.2) is 27.4 Å². The van der Waals surface area contributed by atoms with Crippen LogP contribution in [0.1, 0.15) is 18.9 Å². The first kappa shape index (κ1) is 15.4. The monoisotopic (exact) mass is 346 g/mol. The van der Waals surface area contributed by atoms with Crippen molar-refractivity contribution in [3.8, 4) is 0 Å². The number of oxazole rings is 1. The molecule has 0 unspecified atom stereocenters. The number of aromatic nitrogens is 1. The molecule has 118 valence electrons. The van der Waals surface area contributed by atoms with Crippen LogP contribution in [0.2, 0.25) is 0 Å². The van der Waals surface area contributed by atoms with Crippen molar-refractivity contribution in [2.24, 2.45) is 0 Å². The molecule has 2 aromatic rings. The van der Waals surface area contributed by atoms with Gasteiger partial charge >= 0.3 is 5.76 Å². The number of hydrogen-bond donors (Lipinski definition) is 0. The molecular weight excluding hydrogens is 334 g/mol. The number of piperidine rings is 1. The molecule has 0 bridgehead atoms. The van der Waals surface area contributed by atoms with Gasteiger partial charge in [-0.25, -0.2) is 9.18 Å². The average molecular weight is 347 g/mol. The molecule has 5 nitrogen and oxygen atoms in total. The Morgan fingerprint density at radius 1 is 1.32 bits per heavy atom. The highest BCUT2D eigenvalue weighted by molar-refractivity contribution is 6.53. The molecule has 2 heterocycles. The summed E-state index contributed by atoms with van der Waals surface area (Å²) in [6.07, 6.45) is 1.11. The molecule has 1 aliphatic heterocycles. The summed E-state index contributed by atoms with van der Waals surface area (Å²) in [7, 11) is 0. The molecule has 1 saturated heterocycles. The molecule has 1 aliphatic rings. The van der Waals surface area contributed by atoms with Crippen molar-refractivity contribution in [1.82, 2.24) is 9.47 Å². The molecule has 3 rings (SSSR count). The number of alkyl halides is 2. The fraction of sp³-hybridized carbons (Fsp3) is 0.429. The number of amides is 1. The number of fused-ring (bicyclic) bond motifs is 1. The second kappa shape index (κ2) is 5.93. The lowest BCUT2D eigenvalue weighted by Crippen LogP contribution is -2.42. The summed E-state index contributed by atoms with van der Waals surface area (Å²) in [5.74, 6) is -1.28. The summed E-state index contributed by atoms with van der Waals surface area (Å²) in [5.41, 5.74) is 0.786. The van der Waals surface area contributed by atoms with E-state index in [1.54, 1.807) is 4.90 Å². The van der Waals surface area contributed by atoms with Crippen molar-refractivity contribution in [2.45, 2.75) is 23.7 Å². The fourth-order valence-corrected chi connectivity index (χ4v) is 3.11. The Kier molecular flexibility index (Phi) is 4.14. The van der Waals surface area contributed by atoms with Gasteiger partial charge in [-0.05, 0) is 25.0 Å². The van der Waals surface area contributed by atoms with Gasteiger partial charge in [0.1, 0.15) is 5.82 Å². The third-order valence-electron chi connectivity index (χ3n) is 3.90.